The van der Waals surface area contributed by atoms with Gasteiger partial charge in [-0.15, -0.1) is 0 Å². The van der Waals surface area contributed by atoms with Crippen molar-refractivity contribution in [1.82, 2.24) is 9.80 Å². The first-order chi connectivity index (χ1) is 12.7. The number of nitriles is 1. The zero-order chi connectivity index (χ0) is 18.4. The van der Waals surface area contributed by atoms with Crippen LogP contribution < -0.4 is 4.74 Å². The summed E-state index contributed by atoms with van der Waals surface area (Å²) in [5.74, 6) is 1.13. The number of rotatable bonds is 6. The Bertz CT molecular complexity index is 627. The van der Waals surface area contributed by atoms with Crippen LogP contribution in [0.1, 0.15) is 31.2 Å². The molecule has 2 heterocycles. The van der Waals surface area contributed by atoms with Crippen LogP contribution in [0.4, 0.5) is 0 Å². The van der Waals surface area contributed by atoms with Crippen LogP contribution in [-0.4, -0.2) is 66.2 Å². The van der Waals surface area contributed by atoms with Crippen LogP contribution in [0, 0.1) is 17.2 Å². The van der Waals surface area contributed by atoms with Crippen LogP contribution in [-0.2, 0) is 4.79 Å². The number of carbonyl (C=O) groups excluding carboxylic acids is 1. The third kappa shape index (κ3) is 4.96. The number of piperidine rings is 1. The van der Waals surface area contributed by atoms with Gasteiger partial charge in [-0.25, -0.2) is 0 Å². The molecule has 26 heavy (non-hydrogen) atoms. The second-order valence-electron chi connectivity index (χ2n) is 7.21. The molecule has 6 heteroatoms. The third-order valence-corrected chi connectivity index (χ3v) is 5.25. The third-order valence-electron chi connectivity index (χ3n) is 5.25. The van der Waals surface area contributed by atoms with Crippen molar-refractivity contribution < 1.29 is 14.6 Å². The van der Waals surface area contributed by atoms with E-state index in [0.717, 1.165) is 51.9 Å². The molecular formula is C20H27N3O3. The van der Waals surface area contributed by atoms with Crippen molar-refractivity contribution >= 4 is 5.91 Å². The number of β-amino-alcohol motifs (C(OH)–C–C–N with tert-alkyl or cyclic N) is 1. The van der Waals surface area contributed by atoms with Crippen LogP contribution in [0.25, 0.3) is 0 Å². The Morgan fingerprint density at radius 3 is 2.46 bits per heavy atom. The average Bonchev–Trinajstić information content (AvgIpc) is 3.21. The largest absolute Gasteiger partial charge is 0.491 e. The number of likely N-dealkylation sites (tertiary alicyclic amines) is 2. The van der Waals surface area contributed by atoms with E-state index in [1.807, 2.05) is 4.90 Å². The first-order valence-electron chi connectivity index (χ1n) is 9.48. The van der Waals surface area contributed by atoms with Gasteiger partial charge in [0.15, 0.2) is 0 Å². The first kappa shape index (κ1) is 18.7. The lowest BCUT2D eigenvalue weighted by Gasteiger charge is -2.34. The Labute approximate surface area is 155 Å². The van der Waals surface area contributed by atoms with Crippen molar-refractivity contribution in [3.63, 3.8) is 0 Å². The van der Waals surface area contributed by atoms with E-state index >= 15 is 0 Å². The van der Waals surface area contributed by atoms with E-state index in [4.69, 9.17) is 10.00 Å². The minimum absolute atomic E-state index is 0.149. The lowest BCUT2D eigenvalue weighted by atomic mass is 9.95. The van der Waals surface area contributed by atoms with Crippen LogP contribution >= 0.6 is 0 Å². The highest BCUT2D eigenvalue weighted by atomic mass is 16.5. The number of nitrogens with zero attached hydrogens (tertiary/aromatic N) is 3. The molecule has 1 amide bonds. The summed E-state index contributed by atoms with van der Waals surface area (Å²) in [6, 6.07) is 8.93. The van der Waals surface area contributed by atoms with Gasteiger partial charge < -0.3 is 19.6 Å². The fourth-order valence-electron chi connectivity index (χ4n) is 3.73. The van der Waals surface area contributed by atoms with E-state index in [1.165, 1.54) is 0 Å². The zero-order valence-corrected chi connectivity index (χ0v) is 15.1. The van der Waals surface area contributed by atoms with Gasteiger partial charge in [0.2, 0.25) is 5.91 Å². The van der Waals surface area contributed by atoms with Crippen molar-refractivity contribution in [2.45, 2.75) is 31.8 Å². The molecular weight excluding hydrogens is 330 g/mol. The smallest absolute Gasteiger partial charge is 0.225 e. The summed E-state index contributed by atoms with van der Waals surface area (Å²) in [5.41, 5.74) is 0.587. The normalized spacial score (nSPS) is 19.9. The van der Waals surface area contributed by atoms with Gasteiger partial charge in [0.1, 0.15) is 18.5 Å². The molecule has 0 aliphatic carbocycles. The molecule has 1 N–H and O–H groups in total. The Hall–Kier alpha value is -2.10. The molecule has 1 aromatic carbocycles. The predicted octanol–water partition coefficient (Wildman–Crippen LogP) is 1.63. The fourth-order valence-corrected chi connectivity index (χ4v) is 3.73. The molecule has 0 saturated carbocycles. The Kier molecular flexibility index (Phi) is 6.48. The van der Waals surface area contributed by atoms with Crippen molar-refractivity contribution in [2.24, 2.45) is 5.92 Å². The lowest BCUT2D eigenvalue weighted by molar-refractivity contribution is -0.136. The molecule has 1 aromatic rings. The standard InChI is InChI=1S/C20H27N3O3/c21-13-16-3-5-19(6-4-16)26-15-18(24)14-22-11-7-17(8-12-22)20(25)23-9-1-2-10-23/h3-6,17-18,24H,1-2,7-12,14-15H2. The number of hydrogen-bond acceptors (Lipinski definition) is 5. The lowest BCUT2D eigenvalue weighted by Crippen LogP contribution is -2.44. The topological polar surface area (TPSA) is 76.8 Å². The molecule has 0 bridgehead atoms. The monoisotopic (exact) mass is 357 g/mol. The van der Waals surface area contributed by atoms with Crippen LogP contribution in [0.15, 0.2) is 24.3 Å². The summed E-state index contributed by atoms with van der Waals surface area (Å²) in [7, 11) is 0. The molecule has 140 valence electrons. The quantitative estimate of drug-likeness (QED) is 0.837. The molecule has 2 saturated heterocycles. The van der Waals surface area contributed by atoms with Crippen molar-refractivity contribution in [3.8, 4) is 11.8 Å². The average molecular weight is 357 g/mol. The summed E-state index contributed by atoms with van der Waals surface area (Å²) < 4.78 is 5.59. The summed E-state index contributed by atoms with van der Waals surface area (Å²) in [6.45, 7) is 4.31. The fraction of sp³-hybridized carbons (Fsp3) is 0.600. The zero-order valence-electron chi connectivity index (χ0n) is 15.1. The highest BCUT2D eigenvalue weighted by Gasteiger charge is 2.30. The second kappa shape index (κ2) is 9.02. The van der Waals surface area contributed by atoms with Gasteiger partial charge in [0.25, 0.3) is 0 Å². The molecule has 2 fully saturated rings. The number of aliphatic hydroxyl groups excluding tert-OH is 1. The van der Waals surface area contributed by atoms with Gasteiger partial charge in [-0.1, -0.05) is 0 Å². The number of benzene rings is 1. The van der Waals surface area contributed by atoms with E-state index in [1.54, 1.807) is 24.3 Å². The highest BCUT2D eigenvalue weighted by Crippen LogP contribution is 2.22. The van der Waals surface area contributed by atoms with Gasteiger partial charge in [-0.3, -0.25) is 4.79 Å². The van der Waals surface area contributed by atoms with Gasteiger partial charge in [0, 0.05) is 25.6 Å². The van der Waals surface area contributed by atoms with E-state index < -0.39 is 6.10 Å². The van der Waals surface area contributed by atoms with Crippen molar-refractivity contribution in [1.29, 1.82) is 5.26 Å². The Morgan fingerprint density at radius 2 is 1.85 bits per heavy atom. The minimum Gasteiger partial charge on any atom is -0.491 e. The van der Waals surface area contributed by atoms with E-state index in [-0.39, 0.29) is 12.5 Å². The number of amides is 1. The Morgan fingerprint density at radius 1 is 1.19 bits per heavy atom. The van der Waals surface area contributed by atoms with Crippen molar-refractivity contribution in [3.05, 3.63) is 29.8 Å². The Balaban J connectivity index is 1.36. The summed E-state index contributed by atoms with van der Waals surface area (Å²) in [4.78, 5) is 16.7. The maximum absolute atomic E-state index is 12.5. The first-order valence-corrected chi connectivity index (χ1v) is 9.48. The summed E-state index contributed by atoms with van der Waals surface area (Å²) >= 11 is 0. The molecule has 0 radical (unpaired) electrons. The van der Waals surface area contributed by atoms with Crippen molar-refractivity contribution in [2.75, 3.05) is 39.3 Å². The van der Waals surface area contributed by atoms with Gasteiger partial charge >= 0.3 is 0 Å². The number of hydrogen-bond donors (Lipinski definition) is 1. The number of carbonyl (C=O) groups is 1. The maximum Gasteiger partial charge on any atom is 0.225 e. The molecule has 2 aliphatic rings. The van der Waals surface area contributed by atoms with Gasteiger partial charge in [0.05, 0.1) is 11.6 Å². The van der Waals surface area contributed by atoms with Gasteiger partial charge in [-0.05, 0) is 63.0 Å². The SMILES string of the molecule is N#Cc1ccc(OCC(O)CN2CCC(C(=O)N3CCCC3)CC2)cc1. The summed E-state index contributed by atoms with van der Waals surface area (Å²) in [5, 5.41) is 19.0. The highest BCUT2D eigenvalue weighted by molar-refractivity contribution is 5.79. The molecule has 2 aliphatic heterocycles. The number of ether oxygens (including phenoxy) is 1. The second-order valence-corrected chi connectivity index (χ2v) is 7.21. The molecule has 1 unspecified atom stereocenters. The molecule has 1 atom stereocenters. The van der Waals surface area contributed by atoms with E-state index in [2.05, 4.69) is 11.0 Å². The van der Waals surface area contributed by atoms with Crippen LogP contribution in [0.3, 0.4) is 0 Å². The molecule has 0 aromatic heterocycles. The van der Waals surface area contributed by atoms with Crippen LogP contribution in [0.2, 0.25) is 0 Å². The van der Waals surface area contributed by atoms with Gasteiger partial charge in [-0.2, -0.15) is 5.26 Å². The summed E-state index contributed by atoms with van der Waals surface area (Å²) in [6.07, 6.45) is 3.44. The van der Waals surface area contributed by atoms with Crippen LogP contribution in [0.5, 0.6) is 5.75 Å². The predicted molar refractivity (Wildman–Crippen MR) is 97.6 cm³/mol. The van der Waals surface area contributed by atoms with E-state index in [0.29, 0.717) is 23.8 Å². The number of aliphatic hydroxyl groups is 1. The molecule has 0 spiro atoms. The molecule has 3 rings (SSSR count). The maximum atomic E-state index is 12.5. The van der Waals surface area contributed by atoms with E-state index in [9.17, 15) is 9.90 Å². The molecule has 6 nitrogen and oxygen atoms in total. The minimum atomic E-state index is -0.573.